The van der Waals surface area contributed by atoms with Crippen LogP contribution >= 0.6 is 0 Å². The minimum absolute atomic E-state index is 0.448. The minimum atomic E-state index is -0.653. The van der Waals surface area contributed by atoms with Crippen LogP contribution in [0, 0.1) is 18.9 Å². The monoisotopic (exact) mass is 195 g/mol. The van der Waals surface area contributed by atoms with Gasteiger partial charge in [0.1, 0.15) is 5.82 Å². The molecule has 0 amide bonds. The first-order chi connectivity index (χ1) is 6.65. The van der Waals surface area contributed by atoms with Gasteiger partial charge in [-0.1, -0.05) is 6.92 Å². The molecule has 0 spiro atoms. The molecule has 1 fully saturated rings. The highest BCUT2D eigenvalue weighted by Crippen LogP contribution is 2.29. The summed E-state index contributed by atoms with van der Waals surface area (Å²) in [5, 5.41) is 3.22. The van der Waals surface area contributed by atoms with Gasteiger partial charge < -0.3 is 5.32 Å². The van der Waals surface area contributed by atoms with Gasteiger partial charge in [0.25, 0.3) is 0 Å². The van der Waals surface area contributed by atoms with Crippen molar-refractivity contribution in [2.45, 2.75) is 32.7 Å². The fourth-order valence-corrected chi connectivity index (χ4v) is 1.68. The van der Waals surface area contributed by atoms with E-state index in [2.05, 4.69) is 22.2 Å². The molecule has 0 aliphatic heterocycles. The molecule has 1 aliphatic rings. The van der Waals surface area contributed by atoms with Crippen molar-refractivity contribution in [1.82, 2.24) is 9.97 Å². The van der Waals surface area contributed by atoms with E-state index in [0.717, 1.165) is 6.42 Å². The number of hydrogen-bond donors (Lipinski definition) is 1. The average molecular weight is 195 g/mol. The first-order valence-electron chi connectivity index (χ1n) is 4.93. The first kappa shape index (κ1) is 9.37. The van der Waals surface area contributed by atoms with Crippen LogP contribution in [-0.2, 0) is 0 Å². The lowest BCUT2D eigenvalue weighted by molar-refractivity contribution is 0.302. The van der Waals surface area contributed by atoms with Gasteiger partial charge in [0.15, 0.2) is 0 Å². The number of aryl methyl sites for hydroxylation is 1. The standard InChI is InChI=1S/C10H14FN3/c1-6-3-4-8(6)13-9-5-7(2)12-10(11)14-9/h5-6,8H,3-4H2,1-2H3,(H,12,13,14). The summed E-state index contributed by atoms with van der Waals surface area (Å²) >= 11 is 0. The summed E-state index contributed by atoms with van der Waals surface area (Å²) in [5.41, 5.74) is 0.659. The van der Waals surface area contributed by atoms with Gasteiger partial charge in [-0.15, -0.1) is 0 Å². The van der Waals surface area contributed by atoms with Crippen LogP contribution in [0.3, 0.4) is 0 Å². The summed E-state index contributed by atoms with van der Waals surface area (Å²) in [5.74, 6) is 1.26. The lowest BCUT2D eigenvalue weighted by atomic mass is 9.81. The zero-order valence-corrected chi connectivity index (χ0v) is 8.42. The molecule has 2 rings (SSSR count). The highest BCUT2D eigenvalue weighted by molar-refractivity contribution is 5.36. The highest BCUT2D eigenvalue weighted by Gasteiger charge is 2.26. The van der Waals surface area contributed by atoms with Crippen LogP contribution in [0.25, 0.3) is 0 Å². The van der Waals surface area contributed by atoms with Gasteiger partial charge in [-0.25, -0.2) is 4.98 Å². The fourth-order valence-electron chi connectivity index (χ4n) is 1.68. The summed E-state index contributed by atoms with van der Waals surface area (Å²) in [4.78, 5) is 7.29. The Morgan fingerprint density at radius 3 is 2.71 bits per heavy atom. The lowest BCUT2D eigenvalue weighted by Gasteiger charge is -2.34. The van der Waals surface area contributed by atoms with Gasteiger partial charge in [0, 0.05) is 17.8 Å². The van der Waals surface area contributed by atoms with E-state index in [1.807, 2.05) is 0 Å². The number of halogens is 1. The highest BCUT2D eigenvalue weighted by atomic mass is 19.1. The Kier molecular flexibility index (Phi) is 2.35. The van der Waals surface area contributed by atoms with Crippen LogP contribution in [0.1, 0.15) is 25.5 Å². The zero-order chi connectivity index (χ0) is 10.1. The molecule has 3 nitrogen and oxygen atoms in total. The van der Waals surface area contributed by atoms with E-state index in [9.17, 15) is 4.39 Å². The Morgan fingerprint density at radius 2 is 2.21 bits per heavy atom. The van der Waals surface area contributed by atoms with Gasteiger partial charge in [0.05, 0.1) is 0 Å². The van der Waals surface area contributed by atoms with Crippen LogP contribution in [-0.4, -0.2) is 16.0 Å². The molecule has 0 radical (unpaired) electrons. The number of anilines is 1. The second-order valence-corrected chi connectivity index (χ2v) is 3.97. The molecule has 4 heteroatoms. The molecular weight excluding hydrogens is 181 g/mol. The molecule has 1 aliphatic carbocycles. The molecule has 14 heavy (non-hydrogen) atoms. The minimum Gasteiger partial charge on any atom is -0.367 e. The molecule has 0 bridgehead atoms. The molecule has 1 heterocycles. The maximum absolute atomic E-state index is 12.8. The number of rotatable bonds is 2. The predicted octanol–water partition coefficient (Wildman–Crippen LogP) is 2.13. The van der Waals surface area contributed by atoms with Crippen LogP contribution in [0.4, 0.5) is 10.2 Å². The quantitative estimate of drug-likeness (QED) is 0.735. The molecule has 76 valence electrons. The van der Waals surface area contributed by atoms with Crippen LogP contribution in [0.15, 0.2) is 6.07 Å². The third-order valence-electron chi connectivity index (χ3n) is 2.78. The molecule has 1 aromatic rings. The third-order valence-corrected chi connectivity index (χ3v) is 2.78. The van der Waals surface area contributed by atoms with E-state index in [1.54, 1.807) is 13.0 Å². The number of nitrogens with one attached hydrogen (secondary N) is 1. The largest absolute Gasteiger partial charge is 0.367 e. The van der Waals surface area contributed by atoms with Crippen molar-refractivity contribution >= 4 is 5.82 Å². The van der Waals surface area contributed by atoms with Gasteiger partial charge >= 0.3 is 6.08 Å². The van der Waals surface area contributed by atoms with E-state index < -0.39 is 6.08 Å². The van der Waals surface area contributed by atoms with Gasteiger partial charge in [-0.05, 0) is 25.7 Å². The lowest BCUT2D eigenvalue weighted by Crippen LogP contribution is -2.36. The van der Waals surface area contributed by atoms with Crippen molar-refractivity contribution in [2.75, 3.05) is 5.32 Å². The zero-order valence-electron chi connectivity index (χ0n) is 8.42. The van der Waals surface area contributed by atoms with Crippen LogP contribution in [0.2, 0.25) is 0 Å². The molecule has 0 saturated heterocycles. The molecular formula is C10H14FN3. The molecule has 2 unspecified atom stereocenters. The van der Waals surface area contributed by atoms with Crippen molar-refractivity contribution in [2.24, 2.45) is 5.92 Å². The Bertz CT molecular complexity index is 320. The summed E-state index contributed by atoms with van der Waals surface area (Å²) < 4.78 is 12.8. The van der Waals surface area contributed by atoms with Crippen molar-refractivity contribution in [3.63, 3.8) is 0 Å². The Labute approximate surface area is 82.8 Å². The van der Waals surface area contributed by atoms with Crippen LogP contribution < -0.4 is 5.32 Å². The van der Waals surface area contributed by atoms with Crippen LogP contribution in [0.5, 0.6) is 0 Å². The van der Waals surface area contributed by atoms with Crippen molar-refractivity contribution < 1.29 is 4.39 Å². The van der Waals surface area contributed by atoms with E-state index in [4.69, 9.17) is 0 Å². The predicted molar refractivity (Wildman–Crippen MR) is 52.5 cm³/mol. The summed E-state index contributed by atoms with van der Waals surface area (Å²) in [6, 6.07) is 2.22. The molecule has 1 saturated carbocycles. The van der Waals surface area contributed by atoms with E-state index in [-0.39, 0.29) is 0 Å². The van der Waals surface area contributed by atoms with E-state index >= 15 is 0 Å². The summed E-state index contributed by atoms with van der Waals surface area (Å²) in [6.45, 7) is 3.95. The Balaban J connectivity index is 2.08. The smallest absolute Gasteiger partial charge is 0.310 e. The maximum atomic E-state index is 12.8. The number of nitrogens with zero attached hydrogens (tertiary/aromatic N) is 2. The second kappa shape index (κ2) is 3.52. The van der Waals surface area contributed by atoms with E-state index in [0.29, 0.717) is 23.5 Å². The van der Waals surface area contributed by atoms with Gasteiger partial charge in [-0.3, -0.25) is 0 Å². The topological polar surface area (TPSA) is 37.8 Å². The SMILES string of the molecule is Cc1cc(NC2CCC2C)nc(F)n1. The third kappa shape index (κ3) is 1.84. The summed E-state index contributed by atoms with van der Waals surface area (Å²) in [7, 11) is 0. The van der Waals surface area contributed by atoms with Crippen molar-refractivity contribution in [3.05, 3.63) is 17.8 Å². The molecule has 1 aromatic heterocycles. The Hall–Kier alpha value is -1.19. The Morgan fingerprint density at radius 1 is 1.43 bits per heavy atom. The number of aromatic nitrogens is 2. The van der Waals surface area contributed by atoms with Crippen molar-refractivity contribution in [3.8, 4) is 0 Å². The van der Waals surface area contributed by atoms with E-state index in [1.165, 1.54) is 6.42 Å². The summed E-state index contributed by atoms with van der Waals surface area (Å²) in [6.07, 6.45) is 1.73. The van der Waals surface area contributed by atoms with Gasteiger partial charge in [-0.2, -0.15) is 9.37 Å². The van der Waals surface area contributed by atoms with Gasteiger partial charge in [0.2, 0.25) is 0 Å². The first-order valence-corrected chi connectivity index (χ1v) is 4.93. The molecule has 0 aromatic carbocycles. The van der Waals surface area contributed by atoms with Crippen molar-refractivity contribution in [1.29, 1.82) is 0 Å². The normalized spacial score (nSPS) is 25.6. The molecule has 2 atom stereocenters. The average Bonchev–Trinajstić information content (AvgIpc) is 2.10. The second-order valence-electron chi connectivity index (χ2n) is 3.97. The fraction of sp³-hybridized carbons (Fsp3) is 0.600. The molecule has 1 N–H and O–H groups in total. The number of hydrogen-bond acceptors (Lipinski definition) is 3. The maximum Gasteiger partial charge on any atom is 0.310 e.